The molecule has 0 amide bonds. The molecule has 6 heteroatoms. The number of thiocarbonyl (C=S) groups is 1. The number of benzene rings is 1. The van der Waals surface area contributed by atoms with Gasteiger partial charge in [-0.15, -0.1) is 0 Å². The molecule has 0 fully saturated rings. The van der Waals surface area contributed by atoms with Crippen LogP contribution in [-0.2, 0) is 4.74 Å². The maximum absolute atomic E-state index is 8.53. The molecule has 0 atom stereocenters. The predicted molar refractivity (Wildman–Crippen MR) is 75.1 cm³/mol. The highest BCUT2D eigenvalue weighted by atomic mass is 32.1. The summed E-state index contributed by atoms with van der Waals surface area (Å²) in [6.45, 7) is 1.45. The van der Waals surface area contributed by atoms with Gasteiger partial charge in [0.25, 0.3) is 0 Å². The lowest BCUT2D eigenvalue weighted by Gasteiger charge is -2.13. The second-order valence-corrected chi connectivity index (χ2v) is 3.83. The Morgan fingerprint density at radius 1 is 1.33 bits per heavy atom. The largest absolute Gasteiger partial charge is 0.495 e. The summed E-state index contributed by atoms with van der Waals surface area (Å²) < 4.78 is 10.3. The second-order valence-electron chi connectivity index (χ2n) is 3.42. The van der Waals surface area contributed by atoms with Gasteiger partial charge in [-0.3, -0.25) is 0 Å². The van der Waals surface area contributed by atoms with Crippen molar-refractivity contribution in [1.82, 2.24) is 5.32 Å². The van der Waals surface area contributed by atoms with E-state index >= 15 is 0 Å². The first-order valence-corrected chi connectivity index (χ1v) is 6.05. The molecule has 3 N–H and O–H groups in total. The highest BCUT2D eigenvalue weighted by Gasteiger charge is 2.02. The summed E-state index contributed by atoms with van der Waals surface area (Å²) in [5, 5.41) is 15.1. The molecule has 1 aromatic rings. The van der Waals surface area contributed by atoms with Gasteiger partial charge in [-0.25, -0.2) is 0 Å². The highest BCUT2D eigenvalue weighted by molar-refractivity contribution is 7.80. The molecule has 0 heterocycles. The lowest BCUT2D eigenvalue weighted by Crippen LogP contribution is -2.31. The smallest absolute Gasteiger partial charge is 0.170 e. The molecule has 1 rings (SSSR count). The topological polar surface area (TPSA) is 62.8 Å². The molecular formula is C12H18N2O3S. The van der Waals surface area contributed by atoms with Gasteiger partial charge in [0, 0.05) is 6.54 Å². The molecule has 100 valence electrons. The third-order valence-electron chi connectivity index (χ3n) is 2.12. The van der Waals surface area contributed by atoms with Crippen LogP contribution in [0, 0.1) is 0 Å². The molecule has 0 spiro atoms. The average Bonchev–Trinajstić information content (AvgIpc) is 2.39. The molecule has 0 aliphatic rings. The molecule has 0 bridgehead atoms. The van der Waals surface area contributed by atoms with E-state index in [9.17, 15) is 0 Å². The van der Waals surface area contributed by atoms with Crippen molar-refractivity contribution in [2.45, 2.75) is 0 Å². The molecule has 0 radical (unpaired) electrons. The fourth-order valence-corrected chi connectivity index (χ4v) is 1.53. The zero-order chi connectivity index (χ0) is 13.2. The summed E-state index contributed by atoms with van der Waals surface area (Å²) in [5.41, 5.74) is 0.814. The summed E-state index contributed by atoms with van der Waals surface area (Å²) in [4.78, 5) is 0. The maximum atomic E-state index is 8.53. The molecule has 0 aliphatic carbocycles. The van der Waals surface area contributed by atoms with Crippen molar-refractivity contribution in [3.8, 4) is 5.75 Å². The lowest BCUT2D eigenvalue weighted by atomic mass is 10.3. The zero-order valence-corrected chi connectivity index (χ0v) is 11.1. The van der Waals surface area contributed by atoms with Gasteiger partial charge in [-0.05, 0) is 24.4 Å². The van der Waals surface area contributed by atoms with Crippen LogP contribution in [0.2, 0.25) is 0 Å². The number of hydrogen-bond donors (Lipinski definition) is 3. The first-order valence-electron chi connectivity index (χ1n) is 5.64. The number of nitrogens with one attached hydrogen (secondary N) is 2. The van der Waals surface area contributed by atoms with E-state index < -0.39 is 0 Å². The number of hydrogen-bond acceptors (Lipinski definition) is 4. The third kappa shape index (κ3) is 5.31. The maximum Gasteiger partial charge on any atom is 0.170 e. The van der Waals surface area contributed by atoms with Gasteiger partial charge in [-0.1, -0.05) is 12.1 Å². The molecule has 0 saturated carbocycles. The van der Waals surface area contributed by atoms with Gasteiger partial charge in [-0.2, -0.15) is 0 Å². The Hall–Kier alpha value is -1.37. The van der Waals surface area contributed by atoms with Crippen molar-refractivity contribution >= 4 is 23.0 Å². The van der Waals surface area contributed by atoms with Crippen LogP contribution >= 0.6 is 12.2 Å². The highest BCUT2D eigenvalue weighted by Crippen LogP contribution is 2.22. The second kappa shape index (κ2) is 8.68. The van der Waals surface area contributed by atoms with Crippen molar-refractivity contribution in [1.29, 1.82) is 0 Å². The van der Waals surface area contributed by atoms with Gasteiger partial charge < -0.3 is 25.2 Å². The quantitative estimate of drug-likeness (QED) is 0.507. The molecule has 0 saturated heterocycles. The van der Waals surface area contributed by atoms with E-state index in [4.69, 9.17) is 26.8 Å². The standard InChI is InChI=1S/C12H18N2O3S/c1-16-11-5-3-2-4-10(11)14-12(18)13-6-8-17-9-7-15/h2-5,15H,6-9H2,1H3,(H2,13,14,18). The summed E-state index contributed by atoms with van der Waals surface area (Å²) in [6.07, 6.45) is 0. The Morgan fingerprint density at radius 2 is 2.11 bits per heavy atom. The fraction of sp³-hybridized carbons (Fsp3) is 0.417. The van der Waals surface area contributed by atoms with Gasteiger partial charge in [0.1, 0.15) is 5.75 Å². The number of anilines is 1. The summed E-state index contributed by atoms with van der Waals surface area (Å²) in [5.74, 6) is 0.734. The number of para-hydroxylation sites is 2. The normalized spacial score (nSPS) is 9.89. The minimum Gasteiger partial charge on any atom is -0.495 e. The summed E-state index contributed by atoms with van der Waals surface area (Å²) in [7, 11) is 1.61. The van der Waals surface area contributed by atoms with Crippen molar-refractivity contribution in [2.24, 2.45) is 0 Å². The van der Waals surface area contributed by atoms with Crippen LogP contribution in [0.5, 0.6) is 5.75 Å². The average molecular weight is 270 g/mol. The van der Waals surface area contributed by atoms with Crippen LogP contribution in [0.3, 0.4) is 0 Å². The van der Waals surface area contributed by atoms with Gasteiger partial charge in [0.2, 0.25) is 0 Å². The Kier molecular flexibility index (Phi) is 7.09. The predicted octanol–water partition coefficient (Wildman–Crippen LogP) is 0.990. The molecule has 18 heavy (non-hydrogen) atoms. The van der Waals surface area contributed by atoms with Gasteiger partial charge in [0.15, 0.2) is 5.11 Å². The van der Waals surface area contributed by atoms with Crippen molar-refractivity contribution in [2.75, 3.05) is 38.8 Å². The van der Waals surface area contributed by atoms with E-state index in [1.165, 1.54) is 0 Å². The monoisotopic (exact) mass is 270 g/mol. The molecular weight excluding hydrogens is 252 g/mol. The van der Waals surface area contributed by atoms with E-state index in [2.05, 4.69) is 10.6 Å². The number of ether oxygens (including phenoxy) is 2. The lowest BCUT2D eigenvalue weighted by molar-refractivity contribution is 0.0959. The molecule has 0 aromatic heterocycles. The number of aliphatic hydroxyl groups excluding tert-OH is 1. The summed E-state index contributed by atoms with van der Waals surface area (Å²) >= 11 is 5.14. The Bertz CT molecular complexity index is 374. The number of methoxy groups -OCH3 is 1. The molecule has 5 nitrogen and oxygen atoms in total. The Labute approximate surface area is 112 Å². The van der Waals surface area contributed by atoms with Crippen LogP contribution in [-0.4, -0.2) is 43.7 Å². The minimum absolute atomic E-state index is 0.0317. The minimum atomic E-state index is 0.0317. The van der Waals surface area contributed by atoms with E-state index in [1.807, 2.05) is 24.3 Å². The first kappa shape index (κ1) is 14.7. The SMILES string of the molecule is COc1ccccc1NC(=S)NCCOCCO. The van der Waals surface area contributed by atoms with Gasteiger partial charge in [0.05, 0.1) is 32.6 Å². The van der Waals surface area contributed by atoms with Crippen molar-refractivity contribution in [3.05, 3.63) is 24.3 Å². The van der Waals surface area contributed by atoms with Gasteiger partial charge >= 0.3 is 0 Å². The summed E-state index contributed by atoms with van der Waals surface area (Å²) in [6, 6.07) is 7.53. The van der Waals surface area contributed by atoms with Crippen LogP contribution in [0.1, 0.15) is 0 Å². The first-order chi connectivity index (χ1) is 8.77. The third-order valence-corrected chi connectivity index (χ3v) is 2.37. The Morgan fingerprint density at radius 3 is 2.83 bits per heavy atom. The number of aliphatic hydroxyl groups is 1. The van der Waals surface area contributed by atoms with E-state index in [0.29, 0.717) is 24.9 Å². The molecule has 0 aliphatic heterocycles. The molecule has 1 aromatic carbocycles. The fourth-order valence-electron chi connectivity index (χ4n) is 1.32. The van der Waals surface area contributed by atoms with Crippen molar-refractivity contribution in [3.63, 3.8) is 0 Å². The molecule has 0 unspecified atom stereocenters. The Balaban J connectivity index is 2.31. The zero-order valence-electron chi connectivity index (χ0n) is 10.3. The van der Waals surface area contributed by atoms with E-state index in [-0.39, 0.29) is 6.61 Å². The van der Waals surface area contributed by atoms with Crippen molar-refractivity contribution < 1.29 is 14.6 Å². The number of rotatable bonds is 7. The van der Waals surface area contributed by atoms with Crippen LogP contribution < -0.4 is 15.4 Å². The van der Waals surface area contributed by atoms with E-state index in [1.54, 1.807) is 7.11 Å². The van der Waals surface area contributed by atoms with Crippen LogP contribution in [0.15, 0.2) is 24.3 Å². The van der Waals surface area contributed by atoms with E-state index in [0.717, 1.165) is 11.4 Å². The van der Waals surface area contributed by atoms with Crippen LogP contribution in [0.4, 0.5) is 5.69 Å². The van der Waals surface area contributed by atoms with Crippen LogP contribution in [0.25, 0.3) is 0 Å².